The zero-order valence-electron chi connectivity index (χ0n) is 15.0. The van der Waals surface area contributed by atoms with E-state index in [0.29, 0.717) is 26.1 Å². The van der Waals surface area contributed by atoms with Gasteiger partial charge in [-0.05, 0) is 37.0 Å². The second-order valence-corrected chi connectivity index (χ2v) is 7.08. The summed E-state index contributed by atoms with van der Waals surface area (Å²) in [6, 6.07) is 5.80. The summed E-state index contributed by atoms with van der Waals surface area (Å²) in [6.07, 6.45) is 2.15. The third kappa shape index (κ3) is 4.68. The lowest BCUT2D eigenvalue weighted by molar-refractivity contribution is -0.139. The molecule has 0 bridgehead atoms. The fraction of sp³-hybridized carbons (Fsp3) is 0.579. The van der Waals surface area contributed by atoms with Crippen molar-refractivity contribution in [2.24, 2.45) is 0 Å². The lowest BCUT2D eigenvalue weighted by Gasteiger charge is -2.36. The maximum absolute atomic E-state index is 12.7. The molecule has 0 radical (unpaired) electrons. The molecular weight excluding hydrogens is 356 g/mol. The van der Waals surface area contributed by atoms with Gasteiger partial charge in [-0.1, -0.05) is 12.1 Å². The minimum Gasteiger partial charge on any atom is -0.493 e. The van der Waals surface area contributed by atoms with Crippen molar-refractivity contribution >= 4 is 23.4 Å². The molecule has 1 aromatic rings. The quantitative estimate of drug-likeness (QED) is 0.786. The van der Waals surface area contributed by atoms with E-state index in [1.165, 1.54) is 5.56 Å². The Morgan fingerprint density at radius 3 is 3.04 bits per heavy atom. The highest BCUT2D eigenvalue weighted by atomic mass is 35.5. The van der Waals surface area contributed by atoms with Gasteiger partial charge in [0.1, 0.15) is 11.6 Å². The van der Waals surface area contributed by atoms with Crippen molar-refractivity contribution in [1.82, 2.24) is 10.2 Å². The molecule has 2 unspecified atom stereocenters. The van der Waals surface area contributed by atoms with Crippen molar-refractivity contribution in [3.05, 3.63) is 29.3 Å². The number of alkyl halides is 1. The Bertz CT molecular complexity index is 667. The number of carbonyl (C=O) groups is 2. The molecule has 2 aliphatic heterocycles. The number of hydrogen-bond donors (Lipinski definition) is 1. The van der Waals surface area contributed by atoms with Gasteiger partial charge in [0.2, 0.25) is 11.8 Å². The number of fused-ring (bicyclic) bond motifs is 1. The number of aryl methyl sites for hydroxylation is 1. The highest BCUT2D eigenvalue weighted by Crippen LogP contribution is 2.26. The van der Waals surface area contributed by atoms with Crippen LogP contribution in [-0.4, -0.2) is 61.0 Å². The van der Waals surface area contributed by atoms with Crippen LogP contribution in [0.2, 0.25) is 0 Å². The number of amides is 2. The maximum Gasteiger partial charge on any atom is 0.235 e. The zero-order chi connectivity index (χ0) is 18.5. The smallest absolute Gasteiger partial charge is 0.235 e. The average molecular weight is 381 g/mol. The first-order chi connectivity index (χ1) is 12.6. The van der Waals surface area contributed by atoms with Crippen LogP contribution in [0.5, 0.6) is 5.75 Å². The predicted octanol–water partition coefficient (Wildman–Crippen LogP) is 1.52. The van der Waals surface area contributed by atoms with E-state index in [4.69, 9.17) is 21.1 Å². The summed E-state index contributed by atoms with van der Waals surface area (Å²) in [5.74, 6) is 0.693. The van der Waals surface area contributed by atoms with Crippen LogP contribution in [0, 0.1) is 0 Å². The SMILES string of the molecule is CC(NC(=O)CCl)C1CN(C(=O)Cc2ccc3c(c2)CCCO3)CCO1. The van der Waals surface area contributed by atoms with E-state index in [2.05, 4.69) is 11.4 Å². The van der Waals surface area contributed by atoms with Gasteiger partial charge >= 0.3 is 0 Å². The van der Waals surface area contributed by atoms with Crippen LogP contribution < -0.4 is 10.1 Å². The molecule has 2 atom stereocenters. The largest absolute Gasteiger partial charge is 0.493 e. The van der Waals surface area contributed by atoms with Gasteiger partial charge in [0.15, 0.2) is 0 Å². The maximum atomic E-state index is 12.7. The van der Waals surface area contributed by atoms with Gasteiger partial charge in [-0.15, -0.1) is 11.6 Å². The van der Waals surface area contributed by atoms with Crippen LogP contribution in [0.25, 0.3) is 0 Å². The third-order valence-corrected chi connectivity index (χ3v) is 5.08. The average Bonchev–Trinajstić information content (AvgIpc) is 2.67. The summed E-state index contributed by atoms with van der Waals surface area (Å²) in [7, 11) is 0. The number of halogens is 1. The van der Waals surface area contributed by atoms with Crippen molar-refractivity contribution in [3.63, 3.8) is 0 Å². The van der Waals surface area contributed by atoms with Gasteiger partial charge in [-0.25, -0.2) is 0 Å². The van der Waals surface area contributed by atoms with Crippen molar-refractivity contribution in [2.45, 2.75) is 38.3 Å². The van der Waals surface area contributed by atoms with Crippen molar-refractivity contribution < 1.29 is 19.1 Å². The first kappa shape index (κ1) is 19.0. The van der Waals surface area contributed by atoms with Gasteiger partial charge in [-0.3, -0.25) is 9.59 Å². The van der Waals surface area contributed by atoms with Gasteiger partial charge in [0.05, 0.1) is 31.8 Å². The molecule has 6 nitrogen and oxygen atoms in total. The fourth-order valence-electron chi connectivity index (χ4n) is 3.40. The van der Waals surface area contributed by atoms with E-state index in [0.717, 1.165) is 30.8 Å². The van der Waals surface area contributed by atoms with Crippen LogP contribution in [0.1, 0.15) is 24.5 Å². The summed E-state index contributed by atoms with van der Waals surface area (Å²) in [6.45, 7) is 4.14. The summed E-state index contributed by atoms with van der Waals surface area (Å²) in [4.78, 5) is 26.0. The Hall–Kier alpha value is -1.79. The molecule has 0 aliphatic carbocycles. The molecule has 3 rings (SSSR count). The molecular formula is C19H25ClN2O4. The van der Waals surface area contributed by atoms with Gasteiger partial charge in [-0.2, -0.15) is 0 Å². The van der Waals surface area contributed by atoms with Crippen molar-refractivity contribution in [3.8, 4) is 5.75 Å². The second kappa shape index (κ2) is 8.73. The van der Waals surface area contributed by atoms with Crippen LogP contribution in [-0.2, 0) is 27.2 Å². The van der Waals surface area contributed by atoms with E-state index < -0.39 is 0 Å². The highest BCUT2D eigenvalue weighted by molar-refractivity contribution is 6.27. The van der Waals surface area contributed by atoms with Gasteiger partial charge in [0, 0.05) is 13.1 Å². The standard InChI is InChI=1S/C19H25ClN2O4/c1-13(21-18(23)11-20)17-12-22(6-8-26-17)19(24)10-14-4-5-16-15(9-14)3-2-7-25-16/h4-5,9,13,17H,2-3,6-8,10-12H2,1H3,(H,21,23). The Morgan fingerprint density at radius 2 is 2.23 bits per heavy atom. The first-order valence-electron chi connectivity index (χ1n) is 9.06. The summed E-state index contributed by atoms with van der Waals surface area (Å²) in [5, 5.41) is 2.79. The molecule has 7 heteroatoms. The molecule has 1 N–H and O–H groups in total. The summed E-state index contributed by atoms with van der Waals surface area (Å²) < 4.78 is 11.3. The minimum atomic E-state index is -0.234. The number of nitrogens with zero attached hydrogens (tertiary/aromatic N) is 1. The third-order valence-electron chi connectivity index (χ3n) is 4.84. The van der Waals surface area contributed by atoms with Crippen LogP contribution >= 0.6 is 11.6 Å². The first-order valence-corrected chi connectivity index (χ1v) is 9.59. The number of benzene rings is 1. The normalized spacial score (nSPS) is 20.7. The Morgan fingerprint density at radius 1 is 1.38 bits per heavy atom. The summed E-state index contributed by atoms with van der Waals surface area (Å²) >= 11 is 5.53. The van der Waals surface area contributed by atoms with E-state index >= 15 is 0 Å². The van der Waals surface area contributed by atoms with Crippen LogP contribution in [0.4, 0.5) is 0 Å². The Labute approximate surface area is 158 Å². The monoisotopic (exact) mass is 380 g/mol. The highest BCUT2D eigenvalue weighted by Gasteiger charge is 2.29. The number of nitrogens with one attached hydrogen (secondary N) is 1. The van der Waals surface area contributed by atoms with Crippen LogP contribution in [0.3, 0.4) is 0 Å². The summed E-state index contributed by atoms with van der Waals surface area (Å²) in [5.41, 5.74) is 2.18. The van der Waals surface area contributed by atoms with E-state index in [1.54, 1.807) is 0 Å². The minimum absolute atomic E-state index is 0.0749. The molecule has 26 heavy (non-hydrogen) atoms. The molecule has 1 aromatic carbocycles. The molecule has 142 valence electrons. The van der Waals surface area contributed by atoms with Crippen molar-refractivity contribution in [2.75, 3.05) is 32.2 Å². The molecule has 0 spiro atoms. The van der Waals surface area contributed by atoms with Crippen molar-refractivity contribution in [1.29, 1.82) is 0 Å². The number of hydrogen-bond acceptors (Lipinski definition) is 4. The number of carbonyl (C=O) groups excluding carboxylic acids is 2. The number of morpholine rings is 1. The molecule has 2 amide bonds. The fourth-order valence-corrected chi connectivity index (χ4v) is 3.48. The predicted molar refractivity (Wildman–Crippen MR) is 98.6 cm³/mol. The Kier molecular flexibility index (Phi) is 6.38. The molecule has 1 saturated heterocycles. The molecule has 1 fully saturated rings. The van der Waals surface area contributed by atoms with E-state index in [1.807, 2.05) is 24.0 Å². The lowest BCUT2D eigenvalue weighted by atomic mass is 10.0. The topological polar surface area (TPSA) is 67.9 Å². The van der Waals surface area contributed by atoms with Gasteiger partial charge < -0.3 is 19.7 Å². The Balaban J connectivity index is 1.58. The number of ether oxygens (including phenoxy) is 2. The number of rotatable bonds is 5. The molecule has 0 aromatic heterocycles. The molecule has 2 aliphatic rings. The molecule has 2 heterocycles. The van der Waals surface area contributed by atoms with Crippen LogP contribution in [0.15, 0.2) is 18.2 Å². The molecule has 0 saturated carbocycles. The van der Waals surface area contributed by atoms with E-state index in [-0.39, 0.29) is 29.8 Å². The zero-order valence-corrected chi connectivity index (χ0v) is 15.8. The second-order valence-electron chi connectivity index (χ2n) is 6.81. The van der Waals surface area contributed by atoms with E-state index in [9.17, 15) is 9.59 Å². The van der Waals surface area contributed by atoms with Gasteiger partial charge in [0.25, 0.3) is 0 Å². The lowest BCUT2D eigenvalue weighted by Crippen LogP contribution is -2.54.